The fraction of sp³-hybridized carbons (Fsp3) is 0.387. The average molecular weight is 546 g/mol. The van der Waals surface area contributed by atoms with Gasteiger partial charge in [0.25, 0.3) is 0 Å². The van der Waals surface area contributed by atoms with Crippen LogP contribution in [0.15, 0.2) is 72.8 Å². The quantitative estimate of drug-likeness (QED) is 0.295. The number of ether oxygens (including phenoxy) is 2. The van der Waals surface area contributed by atoms with Crippen LogP contribution in [-0.2, 0) is 17.6 Å². The molecular formula is C31H51N3O5. The minimum absolute atomic E-state index is 0. The predicted molar refractivity (Wildman–Crippen MR) is 165 cm³/mol. The van der Waals surface area contributed by atoms with Gasteiger partial charge in [0.1, 0.15) is 12.5 Å². The number of aliphatic hydroxyl groups is 1. The SMILES string of the molecule is CCN(COC[C@H](Cc1ccccc1)NC(N)=O)c1ccc(OC)cc1.CCc1ccc(C)c(C)c1.CO.O.[HH].[HH]. The molecule has 1 atom stereocenters. The zero-order chi connectivity index (χ0) is 28.3. The van der Waals surface area contributed by atoms with Crippen LogP contribution in [0.2, 0.25) is 0 Å². The highest BCUT2D eigenvalue weighted by molar-refractivity contribution is 5.72. The number of rotatable bonds is 11. The van der Waals surface area contributed by atoms with E-state index in [4.69, 9.17) is 20.3 Å². The van der Waals surface area contributed by atoms with Crippen LogP contribution in [0.3, 0.4) is 0 Å². The Morgan fingerprint density at radius 2 is 1.62 bits per heavy atom. The lowest BCUT2D eigenvalue weighted by Gasteiger charge is -2.25. The van der Waals surface area contributed by atoms with E-state index in [-0.39, 0.29) is 14.4 Å². The molecule has 220 valence electrons. The Labute approximate surface area is 237 Å². The molecule has 0 heterocycles. The number of hydrogen-bond acceptors (Lipinski definition) is 5. The van der Waals surface area contributed by atoms with Crippen LogP contribution in [0.4, 0.5) is 10.5 Å². The van der Waals surface area contributed by atoms with Crippen molar-refractivity contribution in [1.82, 2.24) is 5.32 Å². The first-order valence-electron chi connectivity index (χ1n) is 12.9. The van der Waals surface area contributed by atoms with Gasteiger partial charge in [-0.15, -0.1) is 0 Å². The molecule has 0 unspecified atom stereocenters. The Balaban J connectivity index is -0.000000816. The molecule has 0 bridgehead atoms. The van der Waals surface area contributed by atoms with E-state index in [1.54, 1.807) is 7.11 Å². The molecule has 2 amide bonds. The van der Waals surface area contributed by atoms with E-state index in [0.717, 1.165) is 37.1 Å². The third kappa shape index (κ3) is 13.7. The standard InChI is InChI=1S/C20H27N3O3.C10H14.CH4O.H2O.2H2/c1-3-23(18-9-11-19(25-2)12-10-18)15-26-14-17(22-20(21)24)13-16-7-5-4-6-8-16;1-4-10-6-5-8(2)9(3)7-10;1-2;;;/h4-12,17H,3,13-15H2,1-2H3,(H3,21,22,24);5-7H,4H2,1-3H3;2H,1H3;1H2;2*1H/t17-;;;;;/m0...../s1. The van der Waals surface area contributed by atoms with Crippen LogP contribution in [0.1, 0.15) is 39.0 Å². The minimum Gasteiger partial charge on any atom is -0.497 e. The summed E-state index contributed by atoms with van der Waals surface area (Å²) < 4.78 is 11.0. The van der Waals surface area contributed by atoms with Crippen LogP contribution in [0.5, 0.6) is 5.75 Å². The number of nitrogens with one attached hydrogen (secondary N) is 1. The third-order valence-corrected chi connectivity index (χ3v) is 6.04. The molecule has 3 rings (SSSR count). The first-order valence-corrected chi connectivity index (χ1v) is 12.9. The van der Waals surface area contributed by atoms with Crippen LogP contribution in [0, 0.1) is 13.8 Å². The predicted octanol–water partition coefficient (Wildman–Crippen LogP) is 4.92. The van der Waals surface area contributed by atoms with Crippen LogP contribution in [0.25, 0.3) is 0 Å². The summed E-state index contributed by atoms with van der Waals surface area (Å²) in [6.45, 7) is 10.2. The van der Waals surface area contributed by atoms with Crippen molar-refractivity contribution in [3.63, 3.8) is 0 Å². The van der Waals surface area contributed by atoms with Gasteiger partial charge in [0.05, 0.1) is 19.8 Å². The van der Waals surface area contributed by atoms with E-state index in [0.29, 0.717) is 19.8 Å². The van der Waals surface area contributed by atoms with Crippen molar-refractivity contribution in [2.75, 3.05) is 39.0 Å². The Morgan fingerprint density at radius 3 is 2.13 bits per heavy atom. The van der Waals surface area contributed by atoms with Gasteiger partial charge in [-0.25, -0.2) is 4.79 Å². The topological polar surface area (TPSA) is 129 Å². The highest BCUT2D eigenvalue weighted by Gasteiger charge is 2.13. The first kappa shape index (κ1) is 35.4. The molecule has 0 radical (unpaired) electrons. The van der Waals surface area contributed by atoms with Gasteiger partial charge >= 0.3 is 6.03 Å². The number of carbonyl (C=O) groups is 1. The molecule has 0 aliphatic rings. The summed E-state index contributed by atoms with van der Waals surface area (Å²) in [5.41, 5.74) is 11.7. The summed E-state index contributed by atoms with van der Waals surface area (Å²) in [4.78, 5) is 13.4. The van der Waals surface area contributed by atoms with E-state index >= 15 is 0 Å². The second-order valence-electron chi connectivity index (χ2n) is 8.72. The summed E-state index contributed by atoms with van der Waals surface area (Å²) in [5.74, 6) is 0.819. The first-order chi connectivity index (χ1) is 18.4. The summed E-state index contributed by atoms with van der Waals surface area (Å²) in [7, 11) is 2.65. The number of aryl methyl sites for hydroxylation is 3. The number of hydrogen-bond donors (Lipinski definition) is 3. The van der Waals surface area contributed by atoms with E-state index in [1.807, 2.05) is 54.6 Å². The van der Waals surface area contributed by atoms with Gasteiger partial charge in [-0.1, -0.05) is 55.5 Å². The number of nitrogens with zero attached hydrogens (tertiary/aromatic N) is 1. The second kappa shape index (κ2) is 20.4. The lowest BCUT2D eigenvalue weighted by Crippen LogP contribution is -2.43. The van der Waals surface area contributed by atoms with E-state index in [1.165, 1.54) is 16.7 Å². The third-order valence-electron chi connectivity index (χ3n) is 6.04. The highest BCUT2D eigenvalue weighted by atomic mass is 16.5. The van der Waals surface area contributed by atoms with Gasteiger partial charge in [0.2, 0.25) is 0 Å². The van der Waals surface area contributed by atoms with Gasteiger partial charge in [0, 0.05) is 22.2 Å². The monoisotopic (exact) mass is 545 g/mol. The van der Waals surface area contributed by atoms with Crippen molar-refractivity contribution < 1.29 is 27.7 Å². The van der Waals surface area contributed by atoms with Crippen molar-refractivity contribution in [3.05, 3.63) is 95.1 Å². The Bertz CT molecular complexity index is 1060. The van der Waals surface area contributed by atoms with Crippen LogP contribution < -0.4 is 20.7 Å². The highest BCUT2D eigenvalue weighted by Crippen LogP contribution is 2.19. The molecule has 0 saturated carbocycles. The van der Waals surface area contributed by atoms with Crippen molar-refractivity contribution >= 4 is 11.7 Å². The Morgan fingerprint density at radius 1 is 0.974 bits per heavy atom. The van der Waals surface area contributed by atoms with Gasteiger partial charge in [-0.2, -0.15) is 0 Å². The fourth-order valence-electron chi connectivity index (χ4n) is 3.72. The lowest BCUT2D eigenvalue weighted by atomic mass is 10.1. The molecule has 8 nitrogen and oxygen atoms in total. The average Bonchev–Trinajstić information content (AvgIpc) is 2.94. The van der Waals surface area contributed by atoms with Crippen molar-refractivity contribution in [1.29, 1.82) is 0 Å². The number of anilines is 1. The lowest BCUT2D eigenvalue weighted by molar-refractivity contribution is 0.114. The van der Waals surface area contributed by atoms with Crippen molar-refractivity contribution in [2.45, 2.75) is 46.6 Å². The number of aliphatic hydroxyl groups excluding tert-OH is 1. The molecule has 0 aromatic heterocycles. The molecule has 0 aliphatic heterocycles. The largest absolute Gasteiger partial charge is 0.497 e. The van der Waals surface area contributed by atoms with Crippen LogP contribution >= 0.6 is 0 Å². The number of methoxy groups -OCH3 is 1. The van der Waals surface area contributed by atoms with Gasteiger partial charge in [-0.3, -0.25) is 0 Å². The maximum Gasteiger partial charge on any atom is 0.312 e. The normalized spacial score (nSPS) is 10.4. The molecule has 0 saturated heterocycles. The molecule has 0 spiro atoms. The molecule has 0 aliphatic carbocycles. The maximum absolute atomic E-state index is 11.3. The number of urea groups is 1. The van der Waals surface area contributed by atoms with Crippen molar-refractivity contribution in [3.8, 4) is 5.75 Å². The van der Waals surface area contributed by atoms with Gasteiger partial charge in [0.15, 0.2) is 0 Å². The second-order valence-corrected chi connectivity index (χ2v) is 8.72. The zero-order valence-electron chi connectivity index (χ0n) is 24.2. The molecule has 6 N–H and O–H groups in total. The van der Waals surface area contributed by atoms with E-state index in [9.17, 15) is 4.79 Å². The molecular weight excluding hydrogens is 494 g/mol. The fourth-order valence-corrected chi connectivity index (χ4v) is 3.72. The number of amides is 2. The maximum atomic E-state index is 11.3. The van der Waals surface area contributed by atoms with Gasteiger partial charge < -0.3 is 36.0 Å². The summed E-state index contributed by atoms with van der Waals surface area (Å²) in [6.07, 6.45) is 1.81. The molecule has 39 heavy (non-hydrogen) atoms. The van der Waals surface area contributed by atoms with E-state index < -0.39 is 6.03 Å². The Hall–Kier alpha value is -3.59. The molecule has 3 aromatic rings. The number of carbonyl (C=O) groups excluding carboxylic acids is 1. The van der Waals surface area contributed by atoms with Crippen molar-refractivity contribution in [2.24, 2.45) is 5.73 Å². The zero-order valence-corrected chi connectivity index (χ0v) is 24.2. The number of primary amides is 1. The van der Waals surface area contributed by atoms with E-state index in [2.05, 4.69) is 56.1 Å². The number of nitrogens with two attached hydrogens (primary N) is 1. The smallest absolute Gasteiger partial charge is 0.312 e. The summed E-state index contributed by atoms with van der Waals surface area (Å²) >= 11 is 0. The Kier molecular flexibility index (Phi) is 18.5. The minimum atomic E-state index is -0.544. The van der Waals surface area contributed by atoms with Crippen LogP contribution in [-0.4, -0.2) is 56.8 Å². The van der Waals surface area contributed by atoms with Gasteiger partial charge in [-0.05, 0) is 80.1 Å². The molecule has 0 fully saturated rings. The number of benzene rings is 3. The summed E-state index contributed by atoms with van der Waals surface area (Å²) in [6, 6.07) is 23.7. The molecule has 8 heteroatoms. The summed E-state index contributed by atoms with van der Waals surface area (Å²) in [5, 5.41) is 9.75. The molecule has 3 aromatic carbocycles.